The second kappa shape index (κ2) is 9.60. The summed E-state index contributed by atoms with van der Waals surface area (Å²) in [7, 11) is -6.60. The molecule has 0 aromatic carbocycles. The maximum absolute atomic E-state index is 6.23. The molecule has 0 bridgehead atoms. The fourth-order valence-electron chi connectivity index (χ4n) is 1.63. The molecule has 0 aromatic rings. The minimum absolute atomic E-state index is 0.400. The maximum atomic E-state index is 6.23. The summed E-state index contributed by atoms with van der Waals surface area (Å²) in [6, 6.07) is 0.494. The van der Waals surface area contributed by atoms with Gasteiger partial charge in [-0.05, 0) is 39.3 Å². The van der Waals surface area contributed by atoms with E-state index in [1.165, 1.54) is 0 Å². The Morgan fingerprint density at radius 2 is 1.11 bits per heavy atom. The summed E-state index contributed by atoms with van der Waals surface area (Å²) in [5.74, 6) is 0. The largest absolute Gasteiger partial charge is 0.470 e. The highest BCUT2D eigenvalue weighted by molar-refractivity contribution is 6.80. The van der Waals surface area contributed by atoms with Gasteiger partial charge in [0.1, 0.15) is 4.84 Å². The van der Waals surface area contributed by atoms with Gasteiger partial charge in [0.05, 0.1) is 5.38 Å². The molecule has 0 aliphatic rings. The first-order chi connectivity index (χ1) is 8.58. The van der Waals surface area contributed by atoms with Crippen molar-refractivity contribution in [1.82, 2.24) is 0 Å². The highest BCUT2D eigenvalue weighted by atomic mass is 35.5. The molecule has 0 radical (unpaired) electrons. The van der Waals surface area contributed by atoms with Gasteiger partial charge in [-0.1, -0.05) is 0 Å². The number of hydrogen-bond acceptors (Lipinski definition) is 3. The van der Waals surface area contributed by atoms with Gasteiger partial charge in [0.25, 0.3) is 0 Å². The summed E-state index contributed by atoms with van der Waals surface area (Å²) in [6.45, 7) is 12.7. The van der Waals surface area contributed by atoms with Crippen LogP contribution in [0, 0.1) is 0 Å². The Hall–Kier alpha value is 1.62. The minimum Gasteiger partial charge on any atom is -0.420 e. The van der Waals surface area contributed by atoms with Crippen LogP contribution in [0.2, 0.25) is 45.3 Å². The van der Waals surface area contributed by atoms with Crippen LogP contribution in [0.4, 0.5) is 0 Å². The van der Waals surface area contributed by atoms with E-state index in [0.717, 1.165) is 0 Å². The minimum atomic E-state index is -2.73. The van der Waals surface area contributed by atoms with Crippen molar-refractivity contribution >= 4 is 70.7 Å². The van der Waals surface area contributed by atoms with Crippen LogP contribution in [0.3, 0.4) is 0 Å². The molecule has 10 heteroatoms. The Labute approximate surface area is 138 Å². The van der Waals surface area contributed by atoms with Crippen LogP contribution < -0.4 is 0 Å². The van der Waals surface area contributed by atoms with Crippen LogP contribution in [0.1, 0.15) is 0 Å². The number of alkyl halides is 3. The van der Waals surface area contributed by atoms with Crippen molar-refractivity contribution in [1.29, 1.82) is 0 Å². The molecule has 0 aromatic heterocycles. The lowest BCUT2D eigenvalue weighted by Crippen LogP contribution is -2.54. The maximum Gasteiger partial charge on any atom is 0.470 e. The van der Waals surface area contributed by atoms with E-state index in [4.69, 9.17) is 47.1 Å². The number of halogens is 3. The molecule has 0 N–H and O–H groups in total. The van der Waals surface area contributed by atoms with Crippen molar-refractivity contribution in [3.63, 3.8) is 0 Å². The quantitative estimate of drug-likeness (QED) is 0.439. The van der Waals surface area contributed by atoms with Gasteiger partial charge in [-0.25, -0.2) is 0 Å². The van der Waals surface area contributed by atoms with Gasteiger partial charge in [-0.2, -0.15) is 0 Å². The molecular formula is C9H25Cl3O3Si4. The molecule has 1 atom stereocenters. The average molecular weight is 400 g/mol. The van der Waals surface area contributed by atoms with Gasteiger partial charge in [-0.3, -0.25) is 0 Å². The molecule has 0 saturated carbocycles. The predicted molar refractivity (Wildman–Crippen MR) is 95.6 cm³/mol. The first-order valence-corrected chi connectivity index (χ1v) is 18.1. The van der Waals surface area contributed by atoms with Crippen molar-refractivity contribution in [3.8, 4) is 0 Å². The van der Waals surface area contributed by atoms with Gasteiger partial charge in [-0.15, -0.1) is 34.8 Å². The molecule has 0 aliphatic carbocycles. The summed E-state index contributed by atoms with van der Waals surface area (Å²) >= 11 is 18.0. The topological polar surface area (TPSA) is 27.7 Å². The summed E-state index contributed by atoms with van der Waals surface area (Å²) in [4.78, 5) is -0.638. The SMILES string of the molecule is C[SiH](C)O[Si](CC(Cl)C(Cl)Cl)(O[SiH](C)C)O[SiH](C)C. The number of hydrogen-bond donors (Lipinski definition) is 0. The fourth-order valence-corrected chi connectivity index (χ4v) is 15.3. The van der Waals surface area contributed by atoms with E-state index in [2.05, 4.69) is 39.3 Å². The number of rotatable bonds is 9. The third-order valence-electron chi connectivity index (χ3n) is 1.96. The van der Waals surface area contributed by atoms with Gasteiger partial charge in [0.15, 0.2) is 27.1 Å². The van der Waals surface area contributed by atoms with E-state index >= 15 is 0 Å². The van der Waals surface area contributed by atoms with Gasteiger partial charge >= 0.3 is 8.80 Å². The van der Waals surface area contributed by atoms with Crippen LogP contribution in [0.25, 0.3) is 0 Å². The molecule has 0 spiro atoms. The smallest absolute Gasteiger partial charge is 0.420 e. The molecular weight excluding hydrogens is 375 g/mol. The monoisotopic (exact) mass is 398 g/mol. The Bertz CT molecular complexity index is 230. The van der Waals surface area contributed by atoms with Crippen molar-refractivity contribution < 1.29 is 12.3 Å². The second-order valence-corrected chi connectivity index (χ2v) is 17.9. The van der Waals surface area contributed by atoms with Crippen molar-refractivity contribution in [3.05, 3.63) is 0 Å². The van der Waals surface area contributed by atoms with Gasteiger partial charge in [0.2, 0.25) is 0 Å². The van der Waals surface area contributed by atoms with Gasteiger partial charge in [0, 0.05) is 6.04 Å². The standard InChI is InChI=1S/C9H25Cl3O3Si4/c1-16(2)13-19(14-17(3)4,15-18(5)6)7-8(10)9(11)12/h8-9,16-18H,7H2,1-6H3. The molecule has 0 heterocycles. The third-order valence-corrected chi connectivity index (χ3v) is 14.4. The third kappa shape index (κ3) is 9.28. The van der Waals surface area contributed by atoms with Crippen LogP contribution in [-0.2, 0) is 12.3 Å². The molecule has 0 fully saturated rings. The lowest BCUT2D eigenvalue weighted by Gasteiger charge is -2.36. The van der Waals surface area contributed by atoms with Crippen LogP contribution in [-0.4, -0.2) is 46.1 Å². The molecule has 0 rings (SSSR count). The molecule has 0 saturated heterocycles. The second-order valence-electron chi connectivity index (χ2n) is 5.24. The Kier molecular flexibility index (Phi) is 10.4. The van der Waals surface area contributed by atoms with Crippen molar-refractivity contribution in [2.45, 2.75) is 55.5 Å². The molecule has 116 valence electrons. The molecule has 0 amide bonds. The summed E-state index contributed by atoms with van der Waals surface area (Å²) in [6.07, 6.45) is 0. The molecule has 3 nitrogen and oxygen atoms in total. The van der Waals surface area contributed by atoms with E-state index in [-0.39, 0.29) is 0 Å². The van der Waals surface area contributed by atoms with E-state index in [0.29, 0.717) is 6.04 Å². The lowest BCUT2D eigenvalue weighted by atomic mass is 10.5. The van der Waals surface area contributed by atoms with Crippen LogP contribution in [0.5, 0.6) is 0 Å². The Balaban J connectivity index is 5.09. The molecule has 19 heavy (non-hydrogen) atoms. The zero-order chi connectivity index (χ0) is 15.2. The van der Waals surface area contributed by atoms with E-state index in [9.17, 15) is 0 Å². The van der Waals surface area contributed by atoms with Crippen LogP contribution >= 0.6 is 34.8 Å². The van der Waals surface area contributed by atoms with E-state index in [1.807, 2.05) is 0 Å². The fraction of sp³-hybridized carbons (Fsp3) is 1.00. The lowest BCUT2D eigenvalue weighted by molar-refractivity contribution is 0.268. The van der Waals surface area contributed by atoms with E-state index < -0.39 is 46.1 Å². The normalized spacial score (nSPS) is 15.0. The highest BCUT2D eigenvalue weighted by Crippen LogP contribution is 2.28. The Morgan fingerprint density at radius 3 is 1.32 bits per heavy atom. The Morgan fingerprint density at radius 1 is 0.789 bits per heavy atom. The first kappa shape index (κ1) is 20.6. The first-order valence-electron chi connectivity index (χ1n) is 6.53. The highest BCUT2D eigenvalue weighted by Gasteiger charge is 2.45. The molecule has 0 aliphatic heterocycles. The zero-order valence-electron chi connectivity index (χ0n) is 12.5. The molecule has 1 unspecified atom stereocenters. The summed E-state index contributed by atoms with van der Waals surface area (Å²) in [5.41, 5.74) is 0. The average Bonchev–Trinajstić information content (AvgIpc) is 2.12. The predicted octanol–water partition coefficient (Wildman–Crippen LogP) is 3.34. The van der Waals surface area contributed by atoms with Crippen molar-refractivity contribution in [2.75, 3.05) is 0 Å². The van der Waals surface area contributed by atoms with Gasteiger partial charge < -0.3 is 12.3 Å². The van der Waals surface area contributed by atoms with Crippen LogP contribution in [0.15, 0.2) is 0 Å². The summed E-state index contributed by atoms with van der Waals surface area (Å²) in [5, 5.41) is -0.400. The summed E-state index contributed by atoms with van der Waals surface area (Å²) < 4.78 is 18.5. The van der Waals surface area contributed by atoms with E-state index in [1.54, 1.807) is 0 Å². The van der Waals surface area contributed by atoms with Crippen molar-refractivity contribution in [2.24, 2.45) is 0 Å². The zero-order valence-corrected chi connectivity index (χ0v) is 19.2.